The Morgan fingerprint density at radius 2 is 1.38 bits per heavy atom. The number of thioether (sulfide) groups is 1. The first kappa shape index (κ1) is 34.5. The van der Waals surface area contributed by atoms with Gasteiger partial charge in [0.1, 0.15) is 0 Å². The number of hydrogen-bond donors (Lipinski definition) is 0. The van der Waals surface area contributed by atoms with Crippen molar-refractivity contribution in [2.24, 2.45) is 4.99 Å². The number of ether oxygens (including phenoxy) is 1. The van der Waals surface area contributed by atoms with Crippen molar-refractivity contribution in [2.75, 3.05) is 0 Å². The smallest absolute Gasteiger partial charge is 0.509 e. The molecule has 8 rings (SSSR count). The predicted octanol–water partition coefficient (Wildman–Crippen LogP) is 11.1. The Balaban J connectivity index is 0.00000392. The SMILES string of the molecule is CC(C)(C)c1ccc2c(c1)C(c1[c-]c(Oc3[c-]c(C4N=C5C=CC=CC5S4)ccc3)ccc1)(c1ccccn1)c1cc(C(C)(C)C)ccc1-2.[Pt+2]. The van der Waals surface area contributed by atoms with Crippen LogP contribution in [0.15, 0.2) is 126 Å². The Morgan fingerprint density at radius 1 is 0.720 bits per heavy atom. The van der Waals surface area contributed by atoms with Gasteiger partial charge in [-0.2, -0.15) is 24.3 Å². The van der Waals surface area contributed by atoms with Crippen LogP contribution in [-0.2, 0) is 37.3 Å². The molecule has 0 saturated heterocycles. The molecule has 0 saturated carbocycles. The van der Waals surface area contributed by atoms with E-state index in [0.29, 0.717) is 11.5 Å². The third-order valence-electron chi connectivity index (χ3n) is 9.87. The van der Waals surface area contributed by atoms with Gasteiger partial charge in [0.15, 0.2) is 0 Å². The first-order valence-electron chi connectivity index (χ1n) is 17.0. The number of aliphatic imine (C=N–C) groups is 1. The fourth-order valence-electron chi connectivity index (χ4n) is 7.25. The van der Waals surface area contributed by atoms with Crippen molar-refractivity contribution >= 4 is 17.5 Å². The zero-order valence-electron chi connectivity index (χ0n) is 29.2. The summed E-state index contributed by atoms with van der Waals surface area (Å²) in [4.78, 5) is 10.1. The third kappa shape index (κ3) is 5.95. The minimum atomic E-state index is -0.701. The molecule has 2 heterocycles. The van der Waals surface area contributed by atoms with Crippen molar-refractivity contribution in [1.82, 2.24) is 4.98 Å². The van der Waals surface area contributed by atoms with Gasteiger partial charge in [-0.15, -0.1) is 47.2 Å². The van der Waals surface area contributed by atoms with Gasteiger partial charge >= 0.3 is 21.1 Å². The predicted molar refractivity (Wildman–Crippen MR) is 203 cm³/mol. The Kier molecular flexibility index (Phi) is 8.94. The molecular weight excluding hydrogens is 812 g/mol. The van der Waals surface area contributed by atoms with E-state index in [1.807, 2.05) is 42.2 Å². The van der Waals surface area contributed by atoms with Gasteiger partial charge in [0, 0.05) is 17.7 Å². The van der Waals surface area contributed by atoms with Crippen LogP contribution in [0.2, 0.25) is 0 Å². The number of rotatable bonds is 5. The molecule has 0 fully saturated rings. The molecule has 3 nitrogen and oxygen atoms in total. The first-order valence-corrected chi connectivity index (χ1v) is 18.0. The van der Waals surface area contributed by atoms with E-state index < -0.39 is 5.41 Å². The van der Waals surface area contributed by atoms with Crippen molar-refractivity contribution in [3.8, 4) is 22.6 Å². The third-order valence-corrected chi connectivity index (χ3v) is 11.2. The Bertz CT molecular complexity index is 2110. The summed E-state index contributed by atoms with van der Waals surface area (Å²) >= 11 is 1.83. The van der Waals surface area contributed by atoms with E-state index in [1.54, 1.807) is 0 Å². The molecule has 5 heteroatoms. The van der Waals surface area contributed by atoms with Crippen LogP contribution in [0.4, 0.5) is 0 Å². The fraction of sp³-hybridized carbons (Fsp3) is 0.244. The maximum atomic E-state index is 6.59. The molecule has 0 N–H and O–H groups in total. The first-order chi connectivity index (χ1) is 23.5. The molecular formula is C45H40N2OPtS. The standard InChI is InChI=1S/C45H40N2OS.Pt/c1-43(2,3)30-20-22-35-36-23-21-31(44(4,5)6)28-38(36)45(37(35)27-30,41-19-9-10-24-46-41)32-14-12-16-34(26-32)48-33-15-11-13-29(25-33)42-47-39-17-7-8-18-40(39)49-42;/h7-24,27-28,40,42H,1-6H3;/q-2;+2. The van der Waals surface area contributed by atoms with Crippen molar-refractivity contribution in [3.05, 3.63) is 173 Å². The van der Waals surface area contributed by atoms with Gasteiger partial charge in [-0.05, 0) is 62.4 Å². The van der Waals surface area contributed by atoms with Gasteiger partial charge < -0.3 is 4.74 Å². The van der Waals surface area contributed by atoms with Gasteiger partial charge in [0.05, 0.1) is 27.4 Å². The molecule has 4 aromatic carbocycles. The van der Waals surface area contributed by atoms with Crippen LogP contribution in [0.1, 0.15) is 86.0 Å². The molecule has 0 bridgehead atoms. The van der Waals surface area contributed by atoms with Crippen LogP contribution in [0.25, 0.3) is 11.1 Å². The van der Waals surface area contributed by atoms with Crippen molar-refractivity contribution in [1.29, 1.82) is 0 Å². The molecule has 1 aliphatic heterocycles. The number of allylic oxidation sites excluding steroid dienone is 3. The molecule has 252 valence electrons. The maximum absolute atomic E-state index is 6.59. The summed E-state index contributed by atoms with van der Waals surface area (Å²) in [7, 11) is 0. The molecule has 2 aliphatic carbocycles. The topological polar surface area (TPSA) is 34.5 Å². The summed E-state index contributed by atoms with van der Waals surface area (Å²) in [5.41, 5.74) is 10.8. The molecule has 0 radical (unpaired) electrons. The number of benzene rings is 4. The van der Waals surface area contributed by atoms with E-state index in [9.17, 15) is 0 Å². The van der Waals surface area contributed by atoms with Crippen LogP contribution in [0.3, 0.4) is 0 Å². The summed E-state index contributed by atoms with van der Waals surface area (Å²) in [6, 6.07) is 39.9. The maximum Gasteiger partial charge on any atom is 2.00 e. The van der Waals surface area contributed by atoms with Crippen LogP contribution in [-0.4, -0.2) is 15.9 Å². The summed E-state index contributed by atoms with van der Waals surface area (Å²) < 4.78 is 6.59. The Labute approximate surface area is 315 Å². The zero-order chi connectivity index (χ0) is 34.0. The van der Waals surface area contributed by atoms with Crippen LogP contribution in [0, 0.1) is 12.1 Å². The summed E-state index contributed by atoms with van der Waals surface area (Å²) in [6.07, 6.45) is 10.4. The average Bonchev–Trinajstić information content (AvgIpc) is 3.66. The zero-order valence-corrected chi connectivity index (χ0v) is 32.3. The van der Waals surface area contributed by atoms with Crippen LogP contribution in [0.5, 0.6) is 11.5 Å². The van der Waals surface area contributed by atoms with Gasteiger partial charge in [-0.25, -0.2) is 0 Å². The molecule has 0 spiro atoms. The molecule has 50 heavy (non-hydrogen) atoms. The van der Waals surface area contributed by atoms with Gasteiger partial charge in [-0.1, -0.05) is 102 Å². The second-order valence-electron chi connectivity index (χ2n) is 15.2. The van der Waals surface area contributed by atoms with E-state index in [0.717, 1.165) is 22.5 Å². The van der Waals surface area contributed by atoms with E-state index in [4.69, 9.17) is 14.7 Å². The molecule has 2 unspecified atom stereocenters. The number of pyridine rings is 1. The van der Waals surface area contributed by atoms with Crippen LogP contribution >= 0.6 is 11.8 Å². The molecule has 2 atom stereocenters. The van der Waals surface area contributed by atoms with Crippen molar-refractivity contribution < 1.29 is 25.8 Å². The van der Waals surface area contributed by atoms with E-state index in [1.165, 1.54) is 33.4 Å². The number of fused-ring (bicyclic) bond motifs is 4. The largest absolute Gasteiger partial charge is 2.00 e. The summed E-state index contributed by atoms with van der Waals surface area (Å²) in [5, 5.41) is 0.273. The van der Waals surface area contributed by atoms with Gasteiger partial charge in [0.2, 0.25) is 0 Å². The van der Waals surface area contributed by atoms with Gasteiger partial charge in [-0.3, -0.25) is 9.98 Å². The van der Waals surface area contributed by atoms with Crippen molar-refractivity contribution in [3.63, 3.8) is 0 Å². The second-order valence-corrected chi connectivity index (χ2v) is 16.4. The number of hydrogen-bond acceptors (Lipinski definition) is 4. The average molecular weight is 852 g/mol. The molecule has 0 amide bonds. The van der Waals surface area contributed by atoms with E-state index >= 15 is 0 Å². The Morgan fingerprint density at radius 3 is 2.00 bits per heavy atom. The Hall–Kier alpha value is -3.98. The molecule has 5 aromatic rings. The summed E-state index contributed by atoms with van der Waals surface area (Å²) in [6.45, 7) is 13.7. The quantitative estimate of drug-likeness (QED) is 0.162. The number of nitrogens with zero attached hydrogens (tertiary/aromatic N) is 2. The van der Waals surface area contributed by atoms with E-state index in [2.05, 4.69) is 145 Å². The van der Waals surface area contributed by atoms with Crippen LogP contribution < -0.4 is 4.74 Å². The van der Waals surface area contributed by atoms with Crippen molar-refractivity contribution in [2.45, 2.75) is 68.4 Å². The molecule has 1 aromatic heterocycles. The van der Waals surface area contributed by atoms with Gasteiger partial charge in [0.25, 0.3) is 0 Å². The second kappa shape index (κ2) is 13.0. The summed E-state index contributed by atoms with van der Waals surface area (Å²) in [5.74, 6) is 1.29. The number of aromatic nitrogens is 1. The fourth-order valence-corrected chi connectivity index (χ4v) is 8.45. The minimum absolute atomic E-state index is 0. The van der Waals surface area contributed by atoms with E-state index in [-0.39, 0.29) is 42.5 Å². The normalized spacial score (nSPS) is 18.5. The minimum Gasteiger partial charge on any atom is -0.509 e. The monoisotopic (exact) mass is 851 g/mol. The molecule has 3 aliphatic rings.